The summed E-state index contributed by atoms with van der Waals surface area (Å²) >= 11 is 5.80. The first kappa shape index (κ1) is 17.7. The topological polar surface area (TPSA) is 68.8 Å². The SMILES string of the molecule is COc1cc(NC(=O)NCCOc2ccc(Cl)cc2)cc(OC)c1. The minimum atomic E-state index is -0.343. The molecule has 0 bridgehead atoms. The summed E-state index contributed by atoms with van der Waals surface area (Å²) in [5.41, 5.74) is 0.572. The zero-order valence-electron chi connectivity index (χ0n) is 13.5. The van der Waals surface area contributed by atoms with E-state index in [1.165, 1.54) is 0 Å². The second kappa shape index (κ2) is 8.88. The van der Waals surface area contributed by atoms with Crippen LogP contribution in [0.15, 0.2) is 42.5 Å². The molecule has 0 heterocycles. The molecule has 0 saturated heterocycles. The van der Waals surface area contributed by atoms with Crippen molar-refractivity contribution in [3.63, 3.8) is 0 Å². The van der Waals surface area contributed by atoms with Gasteiger partial charge in [-0.3, -0.25) is 0 Å². The van der Waals surface area contributed by atoms with E-state index in [2.05, 4.69) is 10.6 Å². The number of hydrogen-bond acceptors (Lipinski definition) is 4. The van der Waals surface area contributed by atoms with Gasteiger partial charge in [-0.25, -0.2) is 4.79 Å². The van der Waals surface area contributed by atoms with Gasteiger partial charge in [-0.2, -0.15) is 0 Å². The highest BCUT2D eigenvalue weighted by atomic mass is 35.5. The number of anilines is 1. The molecule has 0 atom stereocenters. The van der Waals surface area contributed by atoms with Gasteiger partial charge in [-0.15, -0.1) is 0 Å². The first-order valence-electron chi connectivity index (χ1n) is 7.27. The van der Waals surface area contributed by atoms with Crippen molar-refractivity contribution >= 4 is 23.3 Å². The normalized spacial score (nSPS) is 9.96. The van der Waals surface area contributed by atoms with E-state index in [-0.39, 0.29) is 6.03 Å². The van der Waals surface area contributed by atoms with Crippen LogP contribution in [0.2, 0.25) is 5.02 Å². The fourth-order valence-electron chi connectivity index (χ4n) is 1.92. The maximum atomic E-state index is 11.9. The summed E-state index contributed by atoms with van der Waals surface area (Å²) < 4.78 is 15.8. The third-order valence-electron chi connectivity index (χ3n) is 3.08. The third kappa shape index (κ3) is 5.55. The van der Waals surface area contributed by atoms with E-state index in [1.54, 1.807) is 56.7 Å². The molecular weight excluding hydrogens is 332 g/mol. The molecule has 0 unspecified atom stereocenters. The van der Waals surface area contributed by atoms with Gasteiger partial charge in [0.05, 0.1) is 20.8 Å². The second-order valence-corrected chi connectivity index (χ2v) is 5.22. The number of nitrogens with one attached hydrogen (secondary N) is 2. The van der Waals surface area contributed by atoms with Crippen molar-refractivity contribution in [3.05, 3.63) is 47.5 Å². The number of amides is 2. The van der Waals surface area contributed by atoms with Gasteiger partial charge in [0.15, 0.2) is 0 Å². The maximum Gasteiger partial charge on any atom is 0.319 e. The van der Waals surface area contributed by atoms with Crippen LogP contribution in [0.3, 0.4) is 0 Å². The summed E-state index contributed by atoms with van der Waals surface area (Å²) in [4.78, 5) is 11.9. The Bertz CT molecular complexity index is 655. The van der Waals surface area contributed by atoms with Gasteiger partial charge in [0.1, 0.15) is 23.9 Å². The summed E-state index contributed by atoms with van der Waals surface area (Å²) in [6.45, 7) is 0.700. The molecule has 7 heteroatoms. The molecule has 2 amide bonds. The molecule has 0 radical (unpaired) electrons. The molecule has 128 valence electrons. The maximum absolute atomic E-state index is 11.9. The van der Waals surface area contributed by atoms with E-state index in [0.29, 0.717) is 41.1 Å². The van der Waals surface area contributed by atoms with Gasteiger partial charge >= 0.3 is 6.03 Å². The zero-order valence-corrected chi connectivity index (χ0v) is 14.2. The molecule has 0 aliphatic heterocycles. The summed E-state index contributed by atoms with van der Waals surface area (Å²) in [7, 11) is 3.10. The van der Waals surface area contributed by atoms with Crippen molar-refractivity contribution in [1.29, 1.82) is 0 Å². The van der Waals surface area contributed by atoms with Gasteiger partial charge in [0.25, 0.3) is 0 Å². The third-order valence-corrected chi connectivity index (χ3v) is 3.33. The highest BCUT2D eigenvalue weighted by Gasteiger charge is 2.05. The Labute approximate surface area is 145 Å². The summed E-state index contributed by atoms with van der Waals surface area (Å²) in [5.74, 6) is 1.88. The molecule has 0 spiro atoms. The van der Waals surface area contributed by atoms with Crippen LogP contribution < -0.4 is 24.8 Å². The molecule has 0 fully saturated rings. The lowest BCUT2D eigenvalue weighted by atomic mass is 10.3. The molecule has 0 aromatic heterocycles. The molecule has 0 saturated carbocycles. The first-order valence-corrected chi connectivity index (χ1v) is 7.65. The van der Waals surface area contributed by atoms with Crippen molar-refractivity contribution in [3.8, 4) is 17.2 Å². The minimum Gasteiger partial charge on any atom is -0.497 e. The predicted octanol–water partition coefficient (Wildman–Crippen LogP) is 3.56. The average Bonchev–Trinajstić information content (AvgIpc) is 2.59. The fraction of sp³-hybridized carbons (Fsp3) is 0.235. The van der Waals surface area contributed by atoms with Crippen LogP contribution >= 0.6 is 11.6 Å². The van der Waals surface area contributed by atoms with E-state index in [0.717, 1.165) is 0 Å². The van der Waals surface area contributed by atoms with E-state index >= 15 is 0 Å². The standard InChI is InChI=1S/C17H19ClN2O4/c1-22-15-9-13(10-16(11-15)23-2)20-17(21)19-7-8-24-14-5-3-12(18)4-6-14/h3-6,9-11H,7-8H2,1-2H3,(H2,19,20,21). The molecule has 0 aliphatic carbocycles. The molecule has 2 aromatic rings. The Morgan fingerprint density at radius 2 is 1.62 bits per heavy atom. The highest BCUT2D eigenvalue weighted by Crippen LogP contribution is 2.25. The molecule has 2 rings (SSSR count). The van der Waals surface area contributed by atoms with Crippen LogP contribution in [0.4, 0.5) is 10.5 Å². The number of halogens is 1. The van der Waals surface area contributed by atoms with Crippen LogP contribution in [-0.2, 0) is 0 Å². The van der Waals surface area contributed by atoms with E-state index in [1.807, 2.05) is 0 Å². The molecule has 6 nitrogen and oxygen atoms in total. The Balaban J connectivity index is 1.78. The smallest absolute Gasteiger partial charge is 0.319 e. The van der Waals surface area contributed by atoms with Gasteiger partial charge in [0.2, 0.25) is 0 Å². The van der Waals surface area contributed by atoms with Crippen LogP contribution in [0.5, 0.6) is 17.2 Å². The summed E-state index contributed by atoms with van der Waals surface area (Å²) in [6.07, 6.45) is 0. The number of hydrogen-bond donors (Lipinski definition) is 2. The summed E-state index contributed by atoms with van der Waals surface area (Å²) in [5, 5.41) is 6.07. The number of carbonyl (C=O) groups is 1. The Hall–Kier alpha value is -2.60. The number of benzene rings is 2. The van der Waals surface area contributed by atoms with Crippen LogP contribution in [-0.4, -0.2) is 33.4 Å². The van der Waals surface area contributed by atoms with Crippen molar-refractivity contribution in [2.45, 2.75) is 0 Å². The largest absolute Gasteiger partial charge is 0.497 e. The number of methoxy groups -OCH3 is 2. The molecule has 24 heavy (non-hydrogen) atoms. The van der Waals surface area contributed by atoms with Crippen molar-refractivity contribution < 1.29 is 19.0 Å². The van der Waals surface area contributed by atoms with Crippen LogP contribution in [0, 0.1) is 0 Å². The second-order valence-electron chi connectivity index (χ2n) is 4.78. The summed E-state index contributed by atoms with van der Waals surface area (Å²) in [6, 6.07) is 11.8. The van der Waals surface area contributed by atoms with Gasteiger partial charge in [0, 0.05) is 28.9 Å². The molecule has 2 N–H and O–H groups in total. The van der Waals surface area contributed by atoms with Gasteiger partial charge < -0.3 is 24.8 Å². The lowest BCUT2D eigenvalue weighted by Gasteiger charge is -2.11. The average molecular weight is 351 g/mol. The van der Waals surface area contributed by atoms with Crippen molar-refractivity contribution in [2.75, 3.05) is 32.7 Å². The van der Waals surface area contributed by atoms with E-state index < -0.39 is 0 Å². The van der Waals surface area contributed by atoms with Crippen LogP contribution in [0.25, 0.3) is 0 Å². The van der Waals surface area contributed by atoms with Crippen LogP contribution in [0.1, 0.15) is 0 Å². The number of carbonyl (C=O) groups excluding carboxylic acids is 1. The van der Waals surface area contributed by atoms with Crippen molar-refractivity contribution in [1.82, 2.24) is 5.32 Å². The number of ether oxygens (including phenoxy) is 3. The minimum absolute atomic E-state index is 0.343. The van der Waals surface area contributed by atoms with E-state index in [4.69, 9.17) is 25.8 Å². The van der Waals surface area contributed by atoms with Gasteiger partial charge in [-0.05, 0) is 24.3 Å². The lowest BCUT2D eigenvalue weighted by Crippen LogP contribution is -2.32. The quantitative estimate of drug-likeness (QED) is 0.749. The monoisotopic (exact) mass is 350 g/mol. The van der Waals surface area contributed by atoms with Crippen molar-refractivity contribution in [2.24, 2.45) is 0 Å². The number of rotatable bonds is 7. The van der Waals surface area contributed by atoms with Gasteiger partial charge in [-0.1, -0.05) is 11.6 Å². The number of urea groups is 1. The molecule has 0 aliphatic rings. The fourth-order valence-corrected chi connectivity index (χ4v) is 2.05. The molecule has 2 aromatic carbocycles. The molecular formula is C17H19ClN2O4. The Kier molecular flexibility index (Phi) is 6.57. The Morgan fingerprint density at radius 3 is 2.21 bits per heavy atom. The predicted molar refractivity (Wildman–Crippen MR) is 93.5 cm³/mol. The first-order chi connectivity index (χ1) is 11.6. The lowest BCUT2D eigenvalue weighted by molar-refractivity contribution is 0.247. The highest BCUT2D eigenvalue weighted by molar-refractivity contribution is 6.30. The zero-order chi connectivity index (χ0) is 17.4. The van der Waals surface area contributed by atoms with E-state index in [9.17, 15) is 4.79 Å². The Morgan fingerprint density at radius 1 is 1.00 bits per heavy atom.